The summed E-state index contributed by atoms with van der Waals surface area (Å²) in [4.78, 5) is 0. The standard InChI is InChI=1S/C9H20OS2.Pb.2H/c1-6-10-9(11-7(2)3)12-8(4)5;;;/h7-8,11H,6H2,1-5H3;;;. The molecule has 1 nitrogen and oxygen atoms in total. The van der Waals surface area contributed by atoms with Gasteiger partial charge in [-0.2, -0.15) is 11.4 Å². The van der Waals surface area contributed by atoms with E-state index in [9.17, 15) is 0 Å². The average Bonchev–Trinajstić information content (AvgIpc) is 1.84. The molecule has 0 fully saturated rings. The topological polar surface area (TPSA) is 9.23 Å². The van der Waals surface area contributed by atoms with Crippen LogP contribution in [0.1, 0.15) is 34.6 Å². The number of thiol groups is 1. The zero-order chi connectivity index (χ0) is 9.56. The van der Waals surface area contributed by atoms with Crippen molar-refractivity contribution in [3.05, 3.63) is 0 Å². The van der Waals surface area contributed by atoms with E-state index in [0.29, 0.717) is 10.5 Å². The molecule has 0 amide bonds. The van der Waals surface area contributed by atoms with Crippen molar-refractivity contribution in [1.29, 1.82) is 0 Å². The summed E-state index contributed by atoms with van der Waals surface area (Å²) in [5.41, 5.74) is 0. The predicted molar refractivity (Wildman–Crippen MR) is 72.0 cm³/mol. The molecule has 80 valence electrons. The molecular weight excluding hydrogens is 395 g/mol. The maximum absolute atomic E-state index is 5.53. The molecule has 0 aromatic heterocycles. The Morgan fingerprint density at radius 1 is 1.31 bits per heavy atom. The molecule has 0 spiro atoms. The van der Waals surface area contributed by atoms with Crippen molar-refractivity contribution >= 4 is 54.8 Å². The van der Waals surface area contributed by atoms with Crippen LogP contribution in [0.3, 0.4) is 0 Å². The Morgan fingerprint density at radius 2 is 1.85 bits per heavy atom. The Bertz CT molecular complexity index is 147. The molecule has 0 aliphatic rings. The first-order valence-electron chi connectivity index (χ1n) is 4.43. The summed E-state index contributed by atoms with van der Waals surface area (Å²) in [7, 11) is 0. The van der Waals surface area contributed by atoms with Gasteiger partial charge in [0.15, 0.2) is 0 Å². The van der Waals surface area contributed by atoms with Gasteiger partial charge in [0.2, 0.25) is 0 Å². The number of thioether (sulfide) groups is 1. The van der Waals surface area contributed by atoms with Crippen LogP contribution in [-0.4, -0.2) is 48.8 Å². The number of ether oxygens (including phenoxy) is 1. The Labute approximate surface area is 111 Å². The van der Waals surface area contributed by atoms with Gasteiger partial charge in [-0.25, -0.2) is 0 Å². The van der Waals surface area contributed by atoms with E-state index < -0.39 is 0 Å². The van der Waals surface area contributed by atoms with E-state index in [2.05, 4.69) is 27.7 Å². The minimum atomic E-state index is 0. The fourth-order valence-electron chi connectivity index (χ4n) is 0.638. The zero-order valence-corrected chi connectivity index (χ0v) is 16.5. The molecule has 0 atom stereocenters. The summed E-state index contributed by atoms with van der Waals surface area (Å²) < 4.78 is 6.70. The quantitative estimate of drug-likeness (QED) is 0.428. The van der Waals surface area contributed by atoms with Crippen LogP contribution in [0.15, 0.2) is 0 Å². The molecule has 0 heterocycles. The van der Waals surface area contributed by atoms with Gasteiger partial charge in [0.05, 0.1) is 6.61 Å². The molecule has 0 saturated heterocycles. The summed E-state index contributed by atoms with van der Waals surface area (Å²) in [6.45, 7) is 11.6. The van der Waals surface area contributed by atoms with Crippen molar-refractivity contribution in [3.63, 3.8) is 0 Å². The second-order valence-corrected chi connectivity index (χ2v) is 6.64. The van der Waals surface area contributed by atoms with Crippen LogP contribution in [0.25, 0.3) is 0 Å². The molecule has 0 saturated carbocycles. The SMILES string of the molecule is CCOC(SC(C)C)=[SH]C(C)C.[PbH2]. The van der Waals surface area contributed by atoms with Gasteiger partial charge >= 0.3 is 27.3 Å². The third-order valence-corrected chi connectivity index (χ3v) is 3.25. The van der Waals surface area contributed by atoms with E-state index in [1.54, 1.807) is 0 Å². The molecule has 2 radical (unpaired) electrons. The van der Waals surface area contributed by atoms with E-state index in [1.165, 1.54) is 15.7 Å². The van der Waals surface area contributed by atoms with Gasteiger partial charge < -0.3 is 4.74 Å². The van der Waals surface area contributed by atoms with Crippen LogP contribution in [0, 0.1) is 0 Å². The van der Waals surface area contributed by atoms with Gasteiger partial charge in [-0.1, -0.05) is 39.5 Å². The minimum absolute atomic E-state index is 0. The maximum atomic E-state index is 5.53. The second-order valence-electron chi connectivity index (χ2n) is 3.09. The fourth-order valence-corrected chi connectivity index (χ4v) is 3.36. The normalized spacial score (nSPS) is 12.7. The third-order valence-electron chi connectivity index (χ3n) is 0.968. The van der Waals surface area contributed by atoms with Crippen LogP contribution >= 0.6 is 23.1 Å². The van der Waals surface area contributed by atoms with E-state index in [1.807, 2.05) is 18.7 Å². The Hall–Kier alpha value is 1.45. The average molecular weight is 418 g/mol. The molecule has 0 aromatic carbocycles. The van der Waals surface area contributed by atoms with Crippen molar-refractivity contribution in [3.8, 4) is 0 Å². The van der Waals surface area contributed by atoms with Crippen molar-refractivity contribution in [2.75, 3.05) is 6.61 Å². The van der Waals surface area contributed by atoms with Crippen LogP contribution in [0.5, 0.6) is 0 Å². The first kappa shape index (κ1) is 16.9. The summed E-state index contributed by atoms with van der Waals surface area (Å²) in [6, 6.07) is 0. The first-order chi connectivity index (χ1) is 5.56. The van der Waals surface area contributed by atoms with Gasteiger partial charge in [0.25, 0.3) is 0 Å². The molecule has 0 unspecified atom stereocenters. The molecular formula is C9H22OPbS2. The molecule has 0 bridgehead atoms. The van der Waals surface area contributed by atoms with Gasteiger partial charge in [0, 0.05) is 5.25 Å². The molecule has 0 aliphatic heterocycles. The van der Waals surface area contributed by atoms with E-state index in [0.717, 1.165) is 6.61 Å². The predicted octanol–water partition coefficient (Wildman–Crippen LogP) is 2.21. The molecule has 0 aliphatic carbocycles. The van der Waals surface area contributed by atoms with E-state index in [-0.39, 0.29) is 27.3 Å². The van der Waals surface area contributed by atoms with E-state index >= 15 is 0 Å². The van der Waals surface area contributed by atoms with E-state index in [4.69, 9.17) is 4.74 Å². The molecule has 13 heavy (non-hydrogen) atoms. The Balaban J connectivity index is 0. The summed E-state index contributed by atoms with van der Waals surface area (Å²) in [6.07, 6.45) is 0. The van der Waals surface area contributed by atoms with Crippen LogP contribution < -0.4 is 0 Å². The third kappa shape index (κ3) is 11.4. The number of hydrogen-bond acceptors (Lipinski definition) is 2. The molecule has 0 aromatic rings. The zero-order valence-electron chi connectivity index (χ0n) is 9.33. The summed E-state index contributed by atoms with van der Waals surface area (Å²) >= 11 is 3.16. The van der Waals surface area contributed by atoms with Crippen LogP contribution in [0.4, 0.5) is 0 Å². The molecule has 4 heteroatoms. The second kappa shape index (κ2) is 9.99. The van der Waals surface area contributed by atoms with Gasteiger partial charge in [-0.15, -0.1) is 0 Å². The van der Waals surface area contributed by atoms with Gasteiger partial charge in [-0.05, 0) is 12.2 Å². The molecule has 0 rings (SSSR count). The van der Waals surface area contributed by atoms with Crippen molar-refractivity contribution in [2.45, 2.75) is 45.1 Å². The van der Waals surface area contributed by atoms with Crippen LogP contribution in [0.2, 0.25) is 0 Å². The molecule has 0 N–H and O–H groups in total. The number of hydrogen-bond donors (Lipinski definition) is 1. The summed E-state index contributed by atoms with van der Waals surface area (Å²) in [5, 5.41) is 1.29. The number of rotatable bonds is 3. The van der Waals surface area contributed by atoms with Crippen LogP contribution in [-0.2, 0) is 4.74 Å². The van der Waals surface area contributed by atoms with Gasteiger partial charge in [-0.3, -0.25) is 0 Å². The Kier molecular flexibility index (Phi) is 13.0. The van der Waals surface area contributed by atoms with Crippen molar-refractivity contribution < 1.29 is 4.74 Å². The summed E-state index contributed by atoms with van der Waals surface area (Å²) in [5.74, 6) is 0. The van der Waals surface area contributed by atoms with Gasteiger partial charge in [0.1, 0.15) is 4.38 Å². The Morgan fingerprint density at radius 3 is 2.15 bits per heavy atom. The van der Waals surface area contributed by atoms with Crippen molar-refractivity contribution in [1.82, 2.24) is 0 Å². The fraction of sp³-hybridized carbons (Fsp3) is 0.889. The first-order valence-corrected chi connectivity index (χ1v) is 6.27. The van der Waals surface area contributed by atoms with Crippen molar-refractivity contribution in [2.24, 2.45) is 0 Å². The monoisotopic (exact) mass is 418 g/mol.